The zero-order valence-corrected chi connectivity index (χ0v) is 21.2. The Kier molecular flexibility index (Phi) is 7.04. The molecule has 0 unspecified atom stereocenters. The minimum Gasteiger partial charge on any atom is -0.385 e. The Morgan fingerprint density at radius 3 is 2.15 bits per heavy atom. The molecular weight excluding hydrogens is 470 g/mol. The van der Waals surface area contributed by atoms with Crippen molar-refractivity contribution in [2.75, 3.05) is 5.32 Å². The first kappa shape index (κ1) is 24.7. The van der Waals surface area contributed by atoms with Crippen LogP contribution in [0.25, 0.3) is 0 Å². The molecule has 0 bridgehead atoms. The fraction of sp³-hybridized carbons (Fsp3) is 0.520. The van der Waals surface area contributed by atoms with Crippen LogP contribution in [0.4, 0.5) is 10.5 Å². The average molecular weight is 502 g/mol. The number of para-hydroxylation sites is 1. The van der Waals surface area contributed by atoms with Gasteiger partial charge in [-0.2, -0.15) is 5.26 Å². The van der Waals surface area contributed by atoms with E-state index in [2.05, 4.69) is 10.0 Å². The first-order valence-corrected chi connectivity index (χ1v) is 14.1. The number of urea groups is 1. The van der Waals surface area contributed by atoms with Gasteiger partial charge in [0.2, 0.25) is 0 Å². The van der Waals surface area contributed by atoms with E-state index in [4.69, 9.17) is 0 Å². The first-order chi connectivity index (χ1) is 16.1. The maximum Gasteiger partial charge on any atom is 0.333 e. The standard InChI is InChI=1S/C25H31N3O4S2/c1-25(2,30)21-14-20(15-26)23(33-21)34(31,32)28-24(29)27-22-18(12-16-6-3-7-16)10-5-11-19(22)13-17-8-4-9-17/h5,10-11,14,16-17,30H,3-4,6-9,12-13H2,1-2H3,(H2,27,28,29). The smallest absolute Gasteiger partial charge is 0.333 e. The minimum atomic E-state index is -4.30. The molecule has 2 fully saturated rings. The summed E-state index contributed by atoms with van der Waals surface area (Å²) in [5.41, 5.74) is 1.37. The van der Waals surface area contributed by atoms with Crippen LogP contribution >= 0.6 is 11.3 Å². The van der Waals surface area contributed by atoms with Crippen LogP contribution in [0.5, 0.6) is 0 Å². The van der Waals surface area contributed by atoms with E-state index in [9.17, 15) is 23.6 Å². The van der Waals surface area contributed by atoms with Gasteiger partial charge in [-0.15, -0.1) is 11.3 Å². The maximum atomic E-state index is 13.0. The number of thiophene rings is 1. The second-order valence-corrected chi connectivity index (χ2v) is 12.9. The molecule has 9 heteroatoms. The summed E-state index contributed by atoms with van der Waals surface area (Å²) < 4.78 is 27.8. The summed E-state index contributed by atoms with van der Waals surface area (Å²) >= 11 is 0.788. The van der Waals surface area contributed by atoms with Gasteiger partial charge in [-0.1, -0.05) is 56.7 Å². The lowest BCUT2D eigenvalue weighted by Gasteiger charge is -2.29. The molecule has 2 saturated carbocycles. The minimum absolute atomic E-state index is 0.0986. The highest BCUT2D eigenvalue weighted by Crippen LogP contribution is 2.37. The third-order valence-corrected chi connectivity index (χ3v) is 10.1. The molecule has 2 aliphatic rings. The summed E-state index contributed by atoms with van der Waals surface area (Å²) in [6.07, 6.45) is 8.86. The zero-order valence-electron chi connectivity index (χ0n) is 19.6. The topological polar surface area (TPSA) is 119 Å². The molecule has 2 aromatic rings. The Balaban J connectivity index is 1.57. The van der Waals surface area contributed by atoms with Gasteiger partial charge in [-0.25, -0.2) is 17.9 Å². The van der Waals surface area contributed by atoms with E-state index < -0.39 is 21.7 Å². The van der Waals surface area contributed by atoms with Crippen molar-refractivity contribution < 1.29 is 18.3 Å². The molecule has 0 radical (unpaired) electrons. The average Bonchev–Trinajstić information content (AvgIpc) is 3.15. The van der Waals surface area contributed by atoms with E-state index in [1.807, 2.05) is 24.3 Å². The van der Waals surface area contributed by atoms with Crippen LogP contribution in [0.15, 0.2) is 28.5 Å². The number of rotatable bonds is 8. The van der Waals surface area contributed by atoms with Crippen molar-refractivity contribution in [1.29, 1.82) is 5.26 Å². The van der Waals surface area contributed by atoms with Crippen LogP contribution in [0.1, 0.15) is 73.9 Å². The maximum absolute atomic E-state index is 13.0. The summed E-state index contributed by atoms with van der Waals surface area (Å²) in [4.78, 5) is 13.3. The van der Waals surface area contributed by atoms with Crippen LogP contribution in [-0.4, -0.2) is 19.6 Å². The highest BCUT2D eigenvalue weighted by molar-refractivity contribution is 7.92. The Bertz CT molecular complexity index is 1180. The third kappa shape index (κ3) is 5.45. The normalized spacial score (nSPS) is 16.9. The number of nitrogens with one attached hydrogen (secondary N) is 2. The molecule has 182 valence electrons. The lowest BCUT2D eigenvalue weighted by atomic mass is 9.78. The number of hydrogen-bond donors (Lipinski definition) is 3. The lowest BCUT2D eigenvalue weighted by molar-refractivity contribution is 0.0825. The van der Waals surface area contributed by atoms with Crippen LogP contribution in [0.3, 0.4) is 0 Å². The summed E-state index contributed by atoms with van der Waals surface area (Å²) in [6.45, 7) is 3.03. The number of hydrogen-bond acceptors (Lipinski definition) is 6. The molecule has 7 nitrogen and oxygen atoms in total. The van der Waals surface area contributed by atoms with E-state index in [0.717, 1.165) is 35.3 Å². The number of benzene rings is 1. The van der Waals surface area contributed by atoms with Gasteiger partial charge in [-0.3, -0.25) is 0 Å². The van der Waals surface area contributed by atoms with Crippen molar-refractivity contribution in [1.82, 2.24) is 4.72 Å². The van der Waals surface area contributed by atoms with E-state index >= 15 is 0 Å². The fourth-order valence-electron chi connectivity index (χ4n) is 4.43. The molecule has 0 saturated heterocycles. The van der Waals surface area contributed by atoms with Crippen molar-refractivity contribution in [2.24, 2.45) is 11.8 Å². The fourth-order valence-corrected chi connectivity index (χ4v) is 6.89. The van der Waals surface area contributed by atoms with Gasteiger partial charge in [0.05, 0.1) is 11.2 Å². The van der Waals surface area contributed by atoms with Crippen LogP contribution in [-0.2, 0) is 28.5 Å². The Hall–Kier alpha value is -2.41. The number of carbonyl (C=O) groups is 1. The molecule has 34 heavy (non-hydrogen) atoms. The molecule has 1 heterocycles. The Morgan fingerprint density at radius 1 is 1.15 bits per heavy atom. The molecule has 0 aliphatic heterocycles. The predicted molar refractivity (Wildman–Crippen MR) is 132 cm³/mol. The van der Waals surface area contributed by atoms with E-state index in [-0.39, 0.29) is 9.77 Å². The lowest BCUT2D eigenvalue weighted by Crippen LogP contribution is -2.35. The molecule has 0 spiro atoms. The highest BCUT2D eigenvalue weighted by Gasteiger charge is 2.30. The number of amides is 2. The third-order valence-electron chi connectivity index (χ3n) is 6.83. The van der Waals surface area contributed by atoms with Gasteiger partial charge < -0.3 is 10.4 Å². The van der Waals surface area contributed by atoms with Gasteiger partial charge in [-0.05, 0) is 55.7 Å². The number of nitrogens with zero attached hydrogens (tertiary/aromatic N) is 1. The number of anilines is 1. The molecule has 1 aromatic carbocycles. The molecule has 4 rings (SSSR count). The SMILES string of the molecule is CC(C)(O)c1cc(C#N)c(S(=O)(=O)NC(=O)Nc2c(CC3CCC3)cccc2CC2CCC2)s1. The van der Waals surface area contributed by atoms with Crippen molar-refractivity contribution in [3.8, 4) is 6.07 Å². The first-order valence-electron chi connectivity index (χ1n) is 11.8. The molecular formula is C25H31N3O4S2. The van der Waals surface area contributed by atoms with E-state index in [1.165, 1.54) is 58.4 Å². The highest BCUT2D eigenvalue weighted by atomic mass is 32.2. The van der Waals surface area contributed by atoms with Crippen molar-refractivity contribution >= 4 is 33.1 Å². The largest absolute Gasteiger partial charge is 0.385 e. The zero-order chi connectivity index (χ0) is 24.5. The predicted octanol–water partition coefficient (Wildman–Crippen LogP) is 5.04. The van der Waals surface area contributed by atoms with Gasteiger partial charge in [0.15, 0.2) is 4.21 Å². The number of nitriles is 1. The summed E-state index contributed by atoms with van der Waals surface area (Å²) in [7, 11) is -4.30. The molecule has 0 atom stereocenters. The van der Waals surface area contributed by atoms with Crippen LogP contribution in [0.2, 0.25) is 0 Å². The van der Waals surface area contributed by atoms with Gasteiger partial charge in [0, 0.05) is 10.6 Å². The van der Waals surface area contributed by atoms with Crippen molar-refractivity contribution in [3.63, 3.8) is 0 Å². The van der Waals surface area contributed by atoms with E-state index in [0.29, 0.717) is 22.4 Å². The van der Waals surface area contributed by atoms with Crippen molar-refractivity contribution in [2.45, 2.75) is 75.0 Å². The summed E-state index contributed by atoms with van der Waals surface area (Å²) in [5.74, 6) is 1.19. The van der Waals surface area contributed by atoms with E-state index in [1.54, 1.807) is 0 Å². The second kappa shape index (κ2) is 9.68. The van der Waals surface area contributed by atoms with Gasteiger partial charge >= 0.3 is 6.03 Å². The number of carbonyl (C=O) groups excluding carboxylic acids is 1. The summed E-state index contributed by atoms with van der Waals surface area (Å²) in [6, 6.07) is 8.39. The molecule has 3 N–H and O–H groups in total. The quantitative estimate of drug-likeness (QED) is 0.468. The molecule has 2 amide bonds. The van der Waals surface area contributed by atoms with Crippen LogP contribution < -0.4 is 10.0 Å². The number of sulfonamides is 1. The Labute approximate surface area is 205 Å². The number of aliphatic hydroxyl groups is 1. The second-order valence-electron chi connectivity index (χ2n) is 10.00. The van der Waals surface area contributed by atoms with Crippen LogP contribution in [0, 0.1) is 23.2 Å². The molecule has 1 aromatic heterocycles. The molecule has 2 aliphatic carbocycles. The van der Waals surface area contributed by atoms with Crippen molar-refractivity contribution in [3.05, 3.63) is 45.8 Å². The van der Waals surface area contributed by atoms with Gasteiger partial charge in [0.25, 0.3) is 10.0 Å². The van der Waals surface area contributed by atoms with Gasteiger partial charge in [0.1, 0.15) is 6.07 Å². The summed E-state index contributed by atoms with van der Waals surface area (Å²) in [5, 5.41) is 22.5. The monoisotopic (exact) mass is 501 g/mol. The Morgan fingerprint density at radius 2 is 1.71 bits per heavy atom.